The Morgan fingerprint density at radius 1 is 1.00 bits per heavy atom. The van der Waals surface area contributed by atoms with Crippen LogP contribution in [0.15, 0.2) is 48.5 Å². The fourth-order valence-corrected chi connectivity index (χ4v) is 2.90. The normalized spacial score (nSPS) is 11.3. The second-order valence-corrected chi connectivity index (χ2v) is 8.34. The lowest BCUT2D eigenvalue weighted by atomic mass is 10.1. The van der Waals surface area contributed by atoms with E-state index in [1.165, 1.54) is 12.1 Å². The number of benzene rings is 2. The summed E-state index contributed by atoms with van der Waals surface area (Å²) in [7, 11) is 0. The molecule has 0 aliphatic heterocycles. The molecule has 0 spiro atoms. The number of hydrogen-bond acceptors (Lipinski definition) is 7. The van der Waals surface area contributed by atoms with Crippen LogP contribution >= 0.6 is 0 Å². The Hall–Kier alpha value is -3.97. The van der Waals surface area contributed by atoms with Gasteiger partial charge in [-0.05, 0) is 47.7 Å². The molecule has 0 aromatic heterocycles. The van der Waals surface area contributed by atoms with Crippen molar-refractivity contribution in [2.75, 3.05) is 25.1 Å². The highest BCUT2D eigenvalue weighted by Gasteiger charge is 2.23. The number of nitriles is 1. The number of amides is 2. The number of rotatable bonds is 13. The van der Waals surface area contributed by atoms with Gasteiger partial charge in [-0.15, -0.1) is 0 Å². The summed E-state index contributed by atoms with van der Waals surface area (Å²) in [5.41, 5.74) is 1.89. The van der Waals surface area contributed by atoms with Crippen molar-refractivity contribution >= 4 is 23.7 Å². The van der Waals surface area contributed by atoms with Gasteiger partial charge in [-0.2, -0.15) is 5.26 Å². The Bertz CT molecular complexity index is 1040. The van der Waals surface area contributed by atoms with E-state index in [4.69, 9.17) is 19.5 Å². The Balaban J connectivity index is 1.81. The van der Waals surface area contributed by atoms with Crippen molar-refractivity contribution in [2.24, 2.45) is 5.92 Å². The first-order valence-corrected chi connectivity index (χ1v) is 11.4. The molecule has 2 N–H and O–H groups in total. The van der Waals surface area contributed by atoms with Crippen molar-refractivity contribution in [3.05, 3.63) is 65.5 Å². The number of anilines is 1. The van der Waals surface area contributed by atoms with Crippen LogP contribution in [0.5, 0.6) is 0 Å². The van der Waals surface area contributed by atoms with Crippen LogP contribution in [0.3, 0.4) is 0 Å². The zero-order chi connectivity index (χ0) is 26.3. The smallest absolute Gasteiger partial charge is 0.408 e. The average molecular weight is 500 g/mol. The zero-order valence-corrected chi connectivity index (χ0v) is 20.3. The third-order valence-electron chi connectivity index (χ3n) is 4.87. The summed E-state index contributed by atoms with van der Waals surface area (Å²) in [4.78, 5) is 36.5. The Morgan fingerprint density at radius 3 is 2.31 bits per heavy atom. The van der Waals surface area contributed by atoms with Crippen molar-refractivity contribution < 1.29 is 33.0 Å². The number of alkyl carbamates (subject to hydrolysis) is 1. The molecule has 0 aliphatic rings. The number of nitrogens with one attached hydrogen (secondary N) is 2. The van der Waals surface area contributed by atoms with E-state index in [0.29, 0.717) is 29.3 Å². The summed E-state index contributed by atoms with van der Waals surface area (Å²) in [6, 6.07) is 12.9. The second-order valence-electron chi connectivity index (χ2n) is 8.34. The summed E-state index contributed by atoms with van der Waals surface area (Å²) in [5.74, 6) is -0.995. The minimum atomic E-state index is -1.11. The van der Waals surface area contributed by atoms with Crippen LogP contribution < -0.4 is 10.6 Å². The van der Waals surface area contributed by atoms with E-state index in [1.54, 1.807) is 42.5 Å². The van der Waals surface area contributed by atoms with Crippen LogP contribution in [0, 0.1) is 23.1 Å². The lowest BCUT2D eigenvalue weighted by molar-refractivity contribution is -0.146. The molecule has 0 bridgehead atoms. The van der Waals surface area contributed by atoms with Crippen LogP contribution in [0.2, 0.25) is 0 Å². The Kier molecular flexibility index (Phi) is 11.9. The molecule has 2 aromatic rings. The van der Waals surface area contributed by atoms with E-state index >= 15 is 0 Å². The third kappa shape index (κ3) is 11.0. The molecule has 10 heteroatoms. The van der Waals surface area contributed by atoms with E-state index in [2.05, 4.69) is 10.6 Å². The maximum absolute atomic E-state index is 13.0. The van der Waals surface area contributed by atoms with Gasteiger partial charge in [-0.3, -0.25) is 4.79 Å². The van der Waals surface area contributed by atoms with E-state index < -0.39 is 24.7 Å². The number of carbonyl (C=O) groups is 3. The van der Waals surface area contributed by atoms with E-state index in [-0.39, 0.29) is 31.4 Å². The van der Waals surface area contributed by atoms with Gasteiger partial charge < -0.3 is 24.8 Å². The molecule has 0 radical (unpaired) electrons. The number of hydrogen-bond donors (Lipinski definition) is 2. The zero-order valence-electron chi connectivity index (χ0n) is 20.3. The molecule has 36 heavy (non-hydrogen) atoms. The van der Waals surface area contributed by atoms with Gasteiger partial charge in [0.05, 0.1) is 13.0 Å². The molecule has 0 saturated heterocycles. The molecule has 2 aromatic carbocycles. The fourth-order valence-electron chi connectivity index (χ4n) is 2.90. The predicted molar refractivity (Wildman–Crippen MR) is 129 cm³/mol. The van der Waals surface area contributed by atoms with Crippen molar-refractivity contribution in [3.8, 4) is 6.07 Å². The molecular weight excluding hydrogens is 469 g/mol. The van der Waals surface area contributed by atoms with E-state index in [0.717, 1.165) is 6.42 Å². The van der Waals surface area contributed by atoms with Gasteiger partial charge in [0.25, 0.3) is 0 Å². The second kappa shape index (κ2) is 15.1. The van der Waals surface area contributed by atoms with E-state index in [9.17, 15) is 18.8 Å². The van der Waals surface area contributed by atoms with Crippen molar-refractivity contribution in [2.45, 2.75) is 39.3 Å². The molecule has 0 aliphatic carbocycles. The largest absolute Gasteiger partial charge is 0.449 e. The van der Waals surface area contributed by atoms with Gasteiger partial charge in [-0.1, -0.05) is 38.1 Å². The summed E-state index contributed by atoms with van der Waals surface area (Å²) in [6.45, 7) is 3.84. The molecule has 0 fully saturated rings. The SMILES string of the molecule is CC(C)CCOCC(NC(=O)OCc1ccc(NC(=O)Cc2ccc(F)cc2)cc1)C(=O)OCC#N. The van der Waals surface area contributed by atoms with Crippen molar-refractivity contribution in [1.82, 2.24) is 5.32 Å². The Labute approximate surface area is 209 Å². The first kappa shape index (κ1) is 28.3. The molecule has 1 unspecified atom stereocenters. The first-order valence-electron chi connectivity index (χ1n) is 11.4. The highest BCUT2D eigenvalue weighted by Crippen LogP contribution is 2.12. The lowest BCUT2D eigenvalue weighted by Crippen LogP contribution is -2.45. The van der Waals surface area contributed by atoms with Crippen LogP contribution in [0.25, 0.3) is 0 Å². The highest BCUT2D eigenvalue weighted by molar-refractivity contribution is 5.92. The minimum Gasteiger partial charge on any atom is -0.449 e. The third-order valence-corrected chi connectivity index (χ3v) is 4.87. The number of ether oxygens (including phenoxy) is 3. The van der Waals surface area contributed by atoms with Crippen LogP contribution in [0.1, 0.15) is 31.4 Å². The molecule has 0 heterocycles. The number of nitrogens with zero attached hydrogens (tertiary/aromatic N) is 1. The number of esters is 1. The minimum absolute atomic E-state index is 0.0796. The van der Waals surface area contributed by atoms with E-state index in [1.807, 2.05) is 13.8 Å². The van der Waals surface area contributed by atoms with Crippen molar-refractivity contribution in [3.63, 3.8) is 0 Å². The molecule has 192 valence electrons. The number of carbonyl (C=O) groups excluding carboxylic acids is 3. The summed E-state index contributed by atoms with van der Waals surface area (Å²) >= 11 is 0. The fraction of sp³-hybridized carbons (Fsp3) is 0.385. The predicted octanol–water partition coefficient (Wildman–Crippen LogP) is 3.73. The molecule has 2 rings (SSSR count). The highest BCUT2D eigenvalue weighted by atomic mass is 19.1. The van der Waals surface area contributed by atoms with Gasteiger partial charge in [0.1, 0.15) is 18.5 Å². The summed E-state index contributed by atoms with van der Waals surface area (Å²) < 4.78 is 28.4. The molecule has 0 saturated carbocycles. The summed E-state index contributed by atoms with van der Waals surface area (Å²) in [6.07, 6.45) is 0.0374. The first-order chi connectivity index (χ1) is 17.3. The molecular formula is C26H30FN3O6. The Morgan fingerprint density at radius 2 is 1.67 bits per heavy atom. The maximum atomic E-state index is 13.0. The van der Waals surface area contributed by atoms with Crippen molar-refractivity contribution in [1.29, 1.82) is 5.26 Å². The topological polar surface area (TPSA) is 127 Å². The monoisotopic (exact) mass is 499 g/mol. The van der Waals surface area contributed by atoms with Gasteiger partial charge in [0, 0.05) is 12.3 Å². The van der Waals surface area contributed by atoms with Gasteiger partial charge >= 0.3 is 12.1 Å². The standard InChI is InChI=1S/C26H30FN3O6/c1-18(2)11-13-34-17-23(25(32)35-14-12-28)30-26(33)36-16-20-5-9-22(10-6-20)29-24(31)15-19-3-7-21(27)8-4-19/h3-10,18,23H,11,13-17H2,1-2H3,(H,29,31)(H,30,33). The maximum Gasteiger partial charge on any atom is 0.408 e. The lowest BCUT2D eigenvalue weighted by Gasteiger charge is -2.17. The van der Waals surface area contributed by atoms with Gasteiger partial charge in [0.2, 0.25) is 5.91 Å². The average Bonchev–Trinajstić information content (AvgIpc) is 2.85. The van der Waals surface area contributed by atoms with Gasteiger partial charge in [0.15, 0.2) is 12.6 Å². The van der Waals surface area contributed by atoms with Crippen LogP contribution in [-0.4, -0.2) is 43.8 Å². The van der Waals surface area contributed by atoms with Gasteiger partial charge in [-0.25, -0.2) is 14.0 Å². The van der Waals surface area contributed by atoms with Crippen LogP contribution in [-0.2, 0) is 36.8 Å². The number of halogens is 1. The summed E-state index contributed by atoms with van der Waals surface area (Å²) in [5, 5.41) is 13.7. The molecule has 1 atom stereocenters. The quantitative estimate of drug-likeness (QED) is 0.318. The molecule has 9 nitrogen and oxygen atoms in total. The van der Waals surface area contributed by atoms with Crippen LogP contribution in [0.4, 0.5) is 14.9 Å². The molecule has 2 amide bonds.